The summed E-state index contributed by atoms with van der Waals surface area (Å²) in [6.45, 7) is 0. The van der Waals surface area contributed by atoms with Gasteiger partial charge in [-0.1, -0.05) is 0 Å². The van der Waals surface area contributed by atoms with Crippen LogP contribution in [-0.4, -0.2) is 0 Å². The Morgan fingerprint density at radius 3 is 0.227 bits per heavy atom. The molecule has 2 heteroatoms. The summed E-state index contributed by atoms with van der Waals surface area (Å²) in [4.78, 5) is 0. The number of hydrogen-bond donors (Lipinski definition) is 0. The Hall–Kier alpha value is 1.30. The molecule has 4 saturated carbocycles. The largest absolute Gasteiger partial charge is 0.0312 e. The molecule has 0 bridgehead atoms. The standard InChI is InChI=1S/4C5H5.2Tc/c4*1-2-4-5-3-1;;/h4*1-5H;;. The van der Waals surface area contributed by atoms with Crippen LogP contribution in [0.1, 0.15) is 0 Å². The van der Waals surface area contributed by atoms with E-state index in [9.17, 15) is 0 Å². The molecule has 0 aromatic carbocycles. The van der Waals surface area contributed by atoms with Gasteiger partial charge in [-0.15, -0.1) is 0 Å². The summed E-state index contributed by atoms with van der Waals surface area (Å²) in [6, 6.07) is 0. The molecule has 114 valence electrons. The minimum atomic E-state index is 0. The van der Waals surface area contributed by atoms with Gasteiger partial charge >= 0.3 is 0 Å². The van der Waals surface area contributed by atoms with Gasteiger partial charge in [0.15, 0.2) is 0 Å². The molecule has 0 aliphatic heterocycles. The fraction of sp³-hybridized carbons (Fsp3) is 0. The summed E-state index contributed by atoms with van der Waals surface area (Å²) in [6.07, 6.45) is 40.0. The Morgan fingerprint density at radius 1 is 0.136 bits per heavy atom. The first-order valence-electron chi connectivity index (χ1n) is 6.67. The molecule has 0 N–H and O–H groups in total. The van der Waals surface area contributed by atoms with Crippen molar-refractivity contribution in [2.75, 3.05) is 0 Å². The van der Waals surface area contributed by atoms with Gasteiger partial charge in [0.2, 0.25) is 0 Å². The monoisotopic (exact) mass is 454 g/mol. The van der Waals surface area contributed by atoms with Crippen LogP contribution in [0.4, 0.5) is 0 Å². The van der Waals surface area contributed by atoms with Crippen LogP contribution < -0.4 is 0 Å². The normalized spacial score (nSPS) is 21.8. The SMILES string of the molecule is [CH]1[CH][CH][CH][CH]1.[CH]1[CH][CH][CH][CH]1.[CH]1[CH][CH][CH][CH]1.[CH]1[CH][CH][CH][CH]1.[Tc].[Tc]. The average molecular weight is 456 g/mol. The zero-order valence-corrected chi connectivity index (χ0v) is 16.0. The minimum Gasteiger partial charge on any atom is -0.0312 e. The van der Waals surface area contributed by atoms with E-state index in [1.54, 1.807) is 0 Å². The molecule has 0 unspecified atom stereocenters. The molecule has 4 aliphatic rings. The molecule has 4 aliphatic carbocycles. The van der Waals surface area contributed by atoms with Crippen molar-refractivity contribution in [1.82, 2.24) is 0 Å². The smallest absolute Gasteiger partial charge is 0 e. The Kier molecular flexibility index (Phi) is 25.9. The molecule has 0 aromatic rings. The van der Waals surface area contributed by atoms with Crippen molar-refractivity contribution in [2.45, 2.75) is 0 Å². The van der Waals surface area contributed by atoms with E-state index in [-0.39, 0.29) is 40.2 Å². The van der Waals surface area contributed by atoms with Gasteiger partial charge in [-0.3, -0.25) is 0 Å². The van der Waals surface area contributed by atoms with Gasteiger partial charge < -0.3 is 0 Å². The Labute approximate surface area is 168 Å². The molecule has 0 saturated heterocycles. The zero-order chi connectivity index (χ0) is 14.1. The van der Waals surface area contributed by atoms with Crippen LogP contribution in [0.3, 0.4) is 0 Å². The fourth-order valence-corrected chi connectivity index (χ4v) is 1.28. The minimum absolute atomic E-state index is 0. The first kappa shape index (κ1) is 25.5. The third-order valence-corrected chi connectivity index (χ3v) is 2.22. The van der Waals surface area contributed by atoms with Crippen molar-refractivity contribution in [3.05, 3.63) is 128 Å². The van der Waals surface area contributed by atoms with E-state index >= 15 is 0 Å². The Balaban J connectivity index is 0. The van der Waals surface area contributed by atoms with Gasteiger partial charge in [0.25, 0.3) is 0 Å². The van der Waals surface area contributed by atoms with Gasteiger partial charge in [0, 0.05) is 40.2 Å². The van der Waals surface area contributed by atoms with E-state index in [0.717, 1.165) is 0 Å². The van der Waals surface area contributed by atoms with Gasteiger partial charge in [-0.2, -0.15) is 0 Å². The predicted molar refractivity (Wildman–Crippen MR) is 86.0 cm³/mol. The van der Waals surface area contributed by atoms with Crippen molar-refractivity contribution in [1.29, 1.82) is 0 Å². The van der Waals surface area contributed by atoms with Crippen LogP contribution in [0, 0.1) is 128 Å². The van der Waals surface area contributed by atoms with E-state index in [0.29, 0.717) is 0 Å². The van der Waals surface area contributed by atoms with Crippen LogP contribution in [0.25, 0.3) is 0 Å². The summed E-state index contributed by atoms with van der Waals surface area (Å²) in [5, 5.41) is 0. The summed E-state index contributed by atoms with van der Waals surface area (Å²) in [5.41, 5.74) is 0. The van der Waals surface area contributed by atoms with Crippen LogP contribution in [-0.2, 0) is 40.2 Å². The van der Waals surface area contributed by atoms with E-state index in [1.807, 2.05) is 128 Å². The third kappa shape index (κ3) is 19.3. The zero-order valence-electron chi connectivity index (χ0n) is 12.3. The summed E-state index contributed by atoms with van der Waals surface area (Å²) in [5.74, 6) is 0. The molecule has 0 nitrogen and oxygen atoms in total. The maximum Gasteiger partial charge on any atom is 0 e. The quantitative estimate of drug-likeness (QED) is 0.516. The maximum absolute atomic E-state index is 2.00. The maximum atomic E-state index is 2.00. The molecule has 0 heterocycles. The third-order valence-electron chi connectivity index (χ3n) is 2.22. The second-order valence-corrected chi connectivity index (χ2v) is 3.85. The Morgan fingerprint density at radius 2 is 0.182 bits per heavy atom. The number of hydrogen-bond acceptors (Lipinski definition) is 0. The van der Waals surface area contributed by atoms with Crippen molar-refractivity contribution >= 4 is 0 Å². The molecule has 0 aromatic heterocycles. The molecule has 0 amide bonds. The Bertz CT molecular complexity index is 96.1. The molecular weight excluding hydrogens is 436 g/mol. The van der Waals surface area contributed by atoms with Crippen LogP contribution >= 0.6 is 0 Å². The molecule has 22 radical (unpaired) electrons. The second kappa shape index (κ2) is 22.3. The van der Waals surface area contributed by atoms with Crippen molar-refractivity contribution in [3.8, 4) is 0 Å². The van der Waals surface area contributed by atoms with E-state index in [4.69, 9.17) is 0 Å². The fourth-order valence-electron chi connectivity index (χ4n) is 1.28. The molecule has 0 spiro atoms. The molecule has 22 heavy (non-hydrogen) atoms. The molecule has 4 fully saturated rings. The van der Waals surface area contributed by atoms with Crippen LogP contribution in [0.15, 0.2) is 0 Å². The van der Waals surface area contributed by atoms with Crippen molar-refractivity contribution in [2.24, 2.45) is 0 Å². The topological polar surface area (TPSA) is 0 Å². The van der Waals surface area contributed by atoms with Crippen LogP contribution in [0.2, 0.25) is 0 Å². The van der Waals surface area contributed by atoms with Gasteiger partial charge in [0.1, 0.15) is 0 Å². The van der Waals surface area contributed by atoms with Crippen LogP contribution in [0.5, 0.6) is 0 Å². The molecular formula is C20H20Tc2. The summed E-state index contributed by atoms with van der Waals surface area (Å²) >= 11 is 0. The summed E-state index contributed by atoms with van der Waals surface area (Å²) < 4.78 is 0. The predicted octanol–water partition coefficient (Wildman–Crippen LogP) is 4.08. The first-order chi connectivity index (χ1) is 10.0. The van der Waals surface area contributed by atoms with Crippen molar-refractivity contribution in [3.63, 3.8) is 0 Å². The summed E-state index contributed by atoms with van der Waals surface area (Å²) in [7, 11) is 0. The average Bonchev–Trinajstić information content (AvgIpc) is 3.40. The van der Waals surface area contributed by atoms with Gasteiger partial charge in [0.05, 0.1) is 0 Å². The molecule has 4 rings (SSSR count). The van der Waals surface area contributed by atoms with Gasteiger partial charge in [-0.05, 0) is 128 Å². The van der Waals surface area contributed by atoms with E-state index < -0.39 is 0 Å². The van der Waals surface area contributed by atoms with E-state index in [1.165, 1.54) is 0 Å². The van der Waals surface area contributed by atoms with E-state index in [2.05, 4.69) is 0 Å². The second-order valence-electron chi connectivity index (χ2n) is 3.85. The number of rotatable bonds is 0. The first-order valence-corrected chi connectivity index (χ1v) is 6.67. The van der Waals surface area contributed by atoms with Crippen molar-refractivity contribution < 1.29 is 40.2 Å². The molecule has 0 atom stereocenters. The van der Waals surface area contributed by atoms with Gasteiger partial charge in [-0.25, -0.2) is 0 Å².